The molecule has 4 nitrogen and oxygen atoms in total. The highest BCUT2D eigenvalue weighted by atomic mass is 16.3. The summed E-state index contributed by atoms with van der Waals surface area (Å²) in [5.41, 5.74) is 2.17. The topological polar surface area (TPSA) is 56.6 Å². The second kappa shape index (κ2) is 8.05. The SMILES string of the molecule is CC(C)c1ccc([C@](O)(c2cncc(C#CCCO)c2)C2(C)CN(C)C2)cc1. The summed E-state index contributed by atoms with van der Waals surface area (Å²) >= 11 is 0. The fourth-order valence-electron chi connectivity index (χ4n) is 4.27. The van der Waals surface area contributed by atoms with Gasteiger partial charge in [-0.05, 0) is 30.2 Å². The molecule has 0 amide bonds. The van der Waals surface area contributed by atoms with E-state index in [9.17, 15) is 5.11 Å². The van der Waals surface area contributed by atoms with Crippen molar-refractivity contribution in [2.75, 3.05) is 26.7 Å². The molecule has 0 unspecified atom stereocenters. The van der Waals surface area contributed by atoms with E-state index in [1.807, 2.05) is 18.2 Å². The lowest BCUT2D eigenvalue weighted by Crippen LogP contribution is -2.63. The van der Waals surface area contributed by atoms with Gasteiger partial charge in [-0.2, -0.15) is 0 Å². The van der Waals surface area contributed by atoms with Crippen molar-refractivity contribution in [3.8, 4) is 11.8 Å². The molecule has 0 bridgehead atoms. The number of aliphatic hydroxyl groups excluding tert-OH is 1. The molecule has 2 aromatic rings. The molecule has 1 atom stereocenters. The minimum atomic E-state index is -1.16. The first-order valence-corrected chi connectivity index (χ1v) is 9.87. The first-order valence-electron chi connectivity index (χ1n) is 9.87. The Balaban J connectivity index is 2.08. The van der Waals surface area contributed by atoms with Crippen LogP contribution >= 0.6 is 0 Å². The molecule has 1 saturated heterocycles. The Kier molecular flexibility index (Phi) is 5.90. The number of benzene rings is 1. The molecular formula is C24H30N2O2. The van der Waals surface area contributed by atoms with Crippen molar-refractivity contribution in [1.29, 1.82) is 0 Å². The number of pyridine rings is 1. The van der Waals surface area contributed by atoms with Crippen molar-refractivity contribution >= 4 is 0 Å². The molecule has 28 heavy (non-hydrogen) atoms. The average molecular weight is 379 g/mol. The van der Waals surface area contributed by atoms with E-state index in [4.69, 9.17) is 5.11 Å². The fraction of sp³-hybridized carbons (Fsp3) is 0.458. The third-order valence-electron chi connectivity index (χ3n) is 5.73. The Hall–Kier alpha value is -2.19. The Morgan fingerprint density at radius 2 is 1.86 bits per heavy atom. The highest BCUT2D eigenvalue weighted by Gasteiger charge is 2.55. The van der Waals surface area contributed by atoms with Crippen LogP contribution in [0, 0.1) is 17.3 Å². The van der Waals surface area contributed by atoms with E-state index in [-0.39, 0.29) is 12.0 Å². The molecule has 0 saturated carbocycles. The zero-order chi connectivity index (χ0) is 20.4. The van der Waals surface area contributed by atoms with Gasteiger partial charge in [0.2, 0.25) is 0 Å². The Labute approximate surface area is 168 Å². The van der Waals surface area contributed by atoms with E-state index < -0.39 is 5.60 Å². The number of aromatic nitrogens is 1. The van der Waals surface area contributed by atoms with Gasteiger partial charge in [0.15, 0.2) is 0 Å². The van der Waals surface area contributed by atoms with E-state index in [1.54, 1.807) is 12.4 Å². The number of hydrogen-bond donors (Lipinski definition) is 2. The van der Waals surface area contributed by atoms with E-state index in [1.165, 1.54) is 5.56 Å². The molecule has 1 fully saturated rings. The van der Waals surface area contributed by atoms with E-state index >= 15 is 0 Å². The predicted molar refractivity (Wildman–Crippen MR) is 112 cm³/mol. The van der Waals surface area contributed by atoms with Gasteiger partial charge >= 0.3 is 0 Å². The first kappa shape index (κ1) is 20.5. The third-order valence-corrected chi connectivity index (χ3v) is 5.73. The monoisotopic (exact) mass is 378 g/mol. The van der Waals surface area contributed by atoms with Crippen LogP contribution in [-0.2, 0) is 5.60 Å². The van der Waals surface area contributed by atoms with Crippen LogP contribution in [0.5, 0.6) is 0 Å². The molecule has 1 aromatic carbocycles. The van der Waals surface area contributed by atoms with Crippen LogP contribution in [0.25, 0.3) is 0 Å². The molecule has 0 aliphatic carbocycles. The smallest absolute Gasteiger partial charge is 0.124 e. The van der Waals surface area contributed by atoms with Crippen LogP contribution in [0.3, 0.4) is 0 Å². The van der Waals surface area contributed by atoms with Gasteiger partial charge in [0.25, 0.3) is 0 Å². The van der Waals surface area contributed by atoms with Crippen molar-refractivity contribution in [2.24, 2.45) is 5.41 Å². The Morgan fingerprint density at radius 1 is 1.18 bits per heavy atom. The summed E-state index contributed by atoms with van der Waals surface area (Å²) in [5.74, 6) is 6.41. The minimum Gasteiger partial charge on any atom is -0.395 e. The maximum Gasteiger partial charge on any atom is 0.124 e. The highest BCUT2D eigenvalue weighted by Crippen LogP contribution is 2.50. The van der Waals surface area contributed by atoms with E-state index in [0.717, 1.165) is 29.8 Å². The highest BCUT2D eigenvalue weighted by molar-refractivity contribution is 5.44. The number of likely N-dealkylation sites (tertiary alicyclic amines) is 1. The molecule has 3 rings (SSSR count). The summed E-state index contributed by atoms with van der Waals surface area (Å²) in [6.07, 6.45) is 3.87. The van der Waals surface area contributed by atoms with Crippen molar-refractivity contribution in [3.63, 3.8) is 0 Å². The summed E-state index contributed by atoms with van der Waals surface area (Å²) in [6, 6.07) is 10.2. The van der Waals surface area contributed by atoms with E-state index in [0.29, 0.717) is 12.3 Å². The lowest BCUT2D eigenvalue weighted by atomic mass is 9.62. The number of nitrogens with zero attached hydrogens (tertiary/aromatic N) is 2. The van der Waals surface area contributed by atoms with Gasteiger partial charge < -0.3 is 15.1 Å². The van der Waals surface area contributed by atoms with Crippen molar-refractivity contribution in [1.82, 2.24) is 9.88 Å². The number of rotatable bonds is 5. The maximum atomic E-state index is 12.1. The second-order valence-electron chi connectivity index (χ2n) is 8.46. The molecule has 0 radical (unpaired) electrons. The number of hydrogen-bond acceptors (Lipinski definition) is 4. The molecule has 1 aromatic heterocycles. The quantitative estimate of drug-likeness (QED) is 0.785. The minimum absolute atomic E-state index is 0.0384. The Morgan fingerprint density at radius 3 is 2.43 bits per heavy atom. The average Bonchev–Trinajstić information content (AvgIpc) is 2.66. The molecular weight excluding hydrogens is 348 g/mol. The van der Waals surface area contributed by atoms with Crippen LogP contribution in [0.15, 0.2) is 42.7 Å². The predicted octanol–water partition coefficient (Wildman–Crippen LogP) is 3.13. The van der Waals surface area contributed by atoms with Crippen molar-refractivity contribution in [3.05, 3.63) is 65.0 Å². The number of aliphatic hydroxyl groups is 2. The summed E-state index contributed by atoms with van der Waals surface area (Å²) < 4.78 is 0. The molecule has 2 N–H and O–H groups in total. The fourth-order valence-corrected chi connectivity index (χ4v) is 4.27. The largest absolute Gasteiger partial charge is 0.395 e. The van der Waals surface area contributed by atoms with Crippen LogP contribution in [0.1, 0.15) is 55.4 Å². The summed E-state index contributed by atoms with van der Waals surface area (Å²) in [7, 11) is 2.07. The molecule has 1 aliphatic rings. The maximum absolute atomic E-state index is 12.1. The standard InChI is InChI=1S/C24H30N2O2/c1-18(2)20-8-10-21(11-9-20)24(28,23(3)16-26(4)17-23)22-13-19(14-25-15-22)7-5-6-12-27/h8-11,13-15,18,27-28H,6,12,16-17H2,1-4H3/t24-/m0/s1. The molecule has 148 valence electrons. The van der Waals surface area contributed by atoms with Crippen LogP contribution in [0.4, 0.5) is 0 Å². The lowest BCUT2D eigenvalue weighted by molar-refractivity contribution is -0.127. The Bertz CT molecular complexity index is 873. The third kappa shape index (κ3) is 3.71. The molecule has 2 heterocycles. The molecule has 1 aliphatic heterocycles. The van der Waals surface area contributed by atoms with Crippen molar-refractivity contribution < 1.29 is 10.2 Å². The molecule has 4 heteroatoms. The van der Waals surface area contributed by atoms with Crippen LogP contribution < -0.4 is 0 Å². The lowest BCUT2D eigenvalue weighted by Gasteiger charge is -2.55. The zero-order valence-corrected chi connectivity index (χ0v) is 17.2. The van der Waals surface area contributed by atoms with Gasteiger partial charge in [-0.3, -0.25) is 4.98 Å². The molecule has 0 spiro atoms. The normalized spacial score (nSPS) is 18.1. The van der Waals surface area contributed by atoms with E-state index in [2.05, 4.69) is 61.7 Å². The summed E-state index contributed by atoms with van der Waals surface area (Å²) in [4.78, 5) is 6.57. The summed E-state index contributed by atoms with van der Waals surface area (Å²) in [5, 5.41) is 21.1. The van der Waals surface area contributed by atoms with Gasteiger partial charge in [-0.25, -0.2) is 0 Å². The second-order valence-corrected chi connectivity index (χ2v) is 8.46. The van der Waals surface area contributed by atoms with Gasteiger partial charge in [0.1, 0.15) is 5.60 Å². The van der Waals surface area contributed by atoms with Gasteiger partial charge in [0.05, 0.1) is 6.61 Å². The van der Waals surface area contributed by atoms with Gasteiger partial charge in [-0.1, -0.05) is 56.9 Å². The van der Waals surface area contributed by atoms with Gasteiger partial charge in [-0.15, -0.1) is 0 Å². The first-order chi connectivity index (χ1) is 13.3. The summed E-state index contributed by atoms with van der Waals surface area (Å²) in [6.45, 7) is 8.11. The van der Waals surface area contributed by atoms with Crippen LogP contribution in [-0.4, -0.2) is 46.8 Å². The van der Waals surface area contributed by atoms with Crippen LogP contribution in [0.2, 0.25) is 0 Å². The van der Waals surface area contributed by atoms with Crippen molar-refractivity contribution in [2.45, 2.75) is 38.7 Å². The van der Waals surface area contributed by atoms with Gasteiger partial charge in [0, 0.05) is 48.4 Å². The zero-order valence-electron chi connectivity index (χ0n) is 17.2.